The first-order chi connectivity index (χ1) is 17.0. The van der Waals surface area contributed by atoms with Gasteiger partial charge in [-0.05, 0) is 68.9 Å². The third kappa shape index (κ3) is 7.46. The van der Waals surface area contributed by atoms with Gasteiger partial charge in [0, 0.05) is 31.4 Å². The van der Waals surface area contributed by atoms with Gasteiger partial charge in [-0.15, -0.1) is 6.42 Å². The largest absolute Gasteiger partial charge is 0.367 e. The molecule has 1 fully saturated rings. The zero-order valence-corrected chi connectivity index (χ0v) is 23.0. The Morgan fingerprint density at radius 3 is 2.86 bits per heavy atom. The predicted octanol–water partition coefficient (Wildman–Crippen LogP) is 6.23. The molecule has 1 aromatic carbocycles. The average Bonchev–Trinajstić information content (AvgIpc) is 3.21. The SMILES string of the molecule is C#Cc1ccccc1CN1CCCC(C(=C)/C=C(/NC/C(=C/C=C\C)CC)N2N=CC(Br)C2C)C1. The number of allylic oxidation sites excluding steroid dienone is 4. The summed E-state index contributed by atoms with van der Waals surface area (Å²) in [5.74, 6) is 4.25. The molecule has 4 nitrogen and oxygen atoms in total. The van der Waals surface area contributed by atoms with Gasteiger partial charge in [0.15, 0.2) is 0 Å². The summed E-state index contributed by atoms with van der Waals surface area (Å²) in [6.45, 7) is 14.7. The van der Waals surface area contributed by atoms with Crippen LogP contribution in [0, 0.1) is 18.3 Å². The molecule has 1 aromatic rings. The Balaban J connectivity index is 1.74. The summed E-state index contributed by atoms with van der Waals surface area (Å²) in [6, 6.07) is 8.48. The summed E-state index contributed by atoms with van der Waals surface area (Å²) in [5, 5.41) is 10.4. The molecule has 1 saturated heterocycles. The fraction of sp³-hybridized carbons (Fsp3) is 0.433. The summed E-state index contributed by atoms with van der Waals surface area (Å²) < 4.78 is 0. The summed E-state index contributed by atoms with van der Waals surface area (Å²) in [4.78, 5) is 2.74. The van der Waals surface area contributed by atoms with E-state index in [0.717, 1.165) is 62.4 Å². The normalized spacial score (nSPS) is 23.6. The van der Waals surface area contributed by atoms with Crippen LogP contribution in [0.2, 0.25) is 0 Å². The monoisotopic (exact) mass is 534 g/mol. The summed E-state index contributed by atoms with van der Waals surface area (Å²) >= 11 is 3.72. The lowest BCUT2D eigenvalue weighted by atomic mass is 9.90. The van der Waals surface area contributed by atoms with Crippen LogP contribution in [0.25, 0.3) is 0 Å². The van der Waals surface area contributed by atoms with Crippen molar-refractivity contribution in [3.63, 3.8) is 0 Å². The van der Waals surface area contributed by atoms with Crippen LogP contribution in [0.5, 0.6) is 0 Å². The van der Waals surface area contributed by atoms with E-state index in [-0.39, 0.29) is 10.9 Å². The van der Waals surface area contributed by atoms with Crippen molar-refractivity contribution in [2.24, 2.45) is 11.0 Å². The third-order valence-corrected chi connectivity index (χ3v) is 7.82. The summed E-state index contributed by atoms with van der Waals surface area (Å²) in [6.07, 6.45) is 19.6. The number of hydrazone groups is 1. The molecule has 0 bridgehead atoms. The van der Waals surface area contributed by atoms with E-state index in [0.29, 0.717) is 5.92 Å². The first kappa shape index (κ1) is 27.0. The topological polar surface area (TPSA) is 30.9 Å². The number of benzene rings is 1. The van der Waals surface area contributed by atoms with E-state index in [9.17, 15) is 0 Å². The quantitative estimate of drug-likeness (QED) is 0.219. The molecular formula is C30H39BrN4. The van der Waals surface area contributed by atoms with Gasteiger partial charge >= 0.3 is 0 Å². The molecule has 0 aromatic heterocycles. The smallest absolute Gasteiger partial charge is 0.123 e. The van der Waals surface area contributed by atoms with Crippen LogP contribution < -0.4 is 5.32 Å². The van der Waals surface area contributed by atoms with Gasteiger partial charge in [0.1, 0.15) is 5.82 Å². The zero-order valence-electron chi connectivity index (χ0n) is 21.4. The van der Waals surface area contributed by atoms with Crippen LogP contribution in [-0.4, -0.2) is 46.6 Å². The van der Waals surface area contributed by atoms with Crippen LogP contribution in [0.3, 0.4) is 0 Å². The number of likely N-dealkylation sites (tertiary alicyclic amines) is 1. The minimum Gasteiger partial charge on any atom is -0.367 e. The molecule has 2 aliphatic heterocycles. The van der Waals surface area contributed by atoms with Gasteiger partial charge in [-0.1, -0.05) is 77.4 Å². The van der Waals surface area contributed by atoms with E-state index in [1.54, 1.807) is 0 Å². The molecule has 35 heavy (non-hydrogen) atoms. The molecular weight excluding hydrogens is 496 g/mol. The maximum Gasteiger partial charge on any atom is 0.123 e. The molecule has 0 radical (unpaired) electrons. The number of halogens is 1. The molecule has 0 saturated carbocycles. The highest BCUT2D eigenvalue weighted by molar-refractivity contribution is 9.10. The Labute approximate surface area is 220 Å². The molecule has 186 valence electrons. The Morgan fingerprint density at radius 1 is 1.37 bits per heavy atom. The number of terminal acetylenes is 1. The van der Waals surface area contributed by atoms with Gasteiger partial charge in [-0.2, -0.15) is 5.10 Å². The highest BCUT2D eigenvalue weighted by Gasteiger charge is 2.28. The predicted molar refractivity (Wildman–Crippen MR) is 153 cm³/mol. The molecule has 3 rings (SSSR count). The number of piperidine rings is 1. The Hall–Kier alpha value is -2.55. The van der Waals surface area contributed by atoms with Crippen molar-refractivity contribution in [2.75, 3.05) is 19.6 Å². The highest BCUT2D eigenvalue weighted by atomic mass is 79.9. The molecule has 1 N–H and O–H groups in total. The lowest BCUT2D eigenvalue weighted by Crippen LogP contribution is -2.37. The second kappa shape index (κ2) is 13.5. The van der Waals surface area contributed by atoms with E-state index in [1.165, 1.54) is 11.1 Å². The second-order valence-electron chi connectivity index (χ2n) is 9.33. The maximum atomic E-state index is 5.73. The van der Waals surface area contributed by atoms with Crippen molar-refractivity contribution in [2.45, 2.75) is 57.4 Å². The number of nitrogens with zero attached hydrogens (tertiary/aromatic N) is 3. The lowest BCUT2D eigenvalue weighted by molar-refractivity contribution is 0.185. The molecule has 0 amide bonds. The number of hydrogen-bond acceptors (Lipinski definition) is 4. The Bertz CT molecular complexity index is 1030. The Kier molecular flexibility index (Phi) is 10.4. The van der Waals surface area contributed by atoms with Crippen molar-refractivity contribution in [1.29, 1.82) is 0 Å². The summed E-state index contributed by atoms with van der Waals surface area (Å²) in [5.41, 5.74) is 4.71. The average molecular weight is 536 g/mol. The van der Waals surface area contributed by atoms with Gasteiger partial charge < -0.3 is 5.32 Å². The van der Waals surface area contributed by atoms with Gasteiger partial charge in [-0.25, -0.2) is 5.01 Å². The fourth-order valence-electron chi connectivity index (χ4n) is 4.55. The number of nitrogens with one attached hydrogen (secondary N) is 1. The number of rotatable bonds is 10. The van der Waals surface area contributed by atoms with Crippen LogP contribution >= 0.6 is 15.9 Å². The van der Waals surface area contributed by atoms with Gasteiger partial charge in [0.2, 0.25) is 0 Å². The van der Waals surface area contributed by atoms with E-state index < -0.39 is 0 Å². The van der Waals surface area contributed by atoms with E-state index in [2.05, 4.69) is 99.0 Å². The van der Waals surface area contributed by atoms with Crippen molar-refractivity contribution < 1.29 is 0 Å². The van der Waals surface area contributed by atoms with E-state index in [4.69, 9.17) is 6.42 Å². The minimum atomic E-state index is 0.228. The van der Waals surface area contributed by atoms with Crippen LogP contribution in [0.15, 0.2) is 77.2 Å². The summed E-state index contributed by atoms with van der Waals surface area (Å²) in [7, 11) is 0. The zero-order chi connectivity index (χ0) is 25.2. The number of hydrogen-bond donors (Lipinski definition) is 1. The second-order valence-corrected chi connectivity index (χ2v) is 10.4. The van der Waals surface area contributed by atoms with Crippen LogP contribution in [0.4, 0.5) is 0 Å². The van der Waals surface area contributed by atoms with Crippen LogP contribution in [0.1, 0.15) is 51.2 Å². The molecule has 5 heteroatoms. The fourth-order valence-corrected chi connectivity index (χ4v) is 4.88. The number of alkyl halides is 1. The first-order valence-corrected chi connectivity index (χ1v) is 13.6. The molecule has 3 atom stereocenters. The van der Waals surface area contributed by atoms with Crippen LogP contribution in [-0.2, 0) is 6.54 Å². The molecule has 2 heterocycles. The van der Waals surface area contributed by atoms with E-state index in [1.807, 2.05) is 25.3 Å². The van der Waals surface area contributed by atoms with Gasteiger partial charge in [-0.3, -0.25) is 4.90 Å². The van der Waals surface area contributed by atoms with Crippen molar-refractivity contribution in [3.8, 4) is 12.3 Å². The molecule has 0 aliphatic carbocycles. The standard InChI is InChI=1S/C30H39BrN4/c1-6-9-13-25(7-2)19-32-30(35-24(5)29(31)20-33-35)18-23(4)27-16-12-17-34(21-27)22-28-15-11-10-14-26(28)8-3/h3,6,9-11,13-15,18,20,24,27,29,32H,4,7,12,16-17,19,21-22H2,1-2,5H3/b9-6-,25-13+,30-18-. The lowest BCUT2D eigenvalue weighted by Gasteiger charge is -2.34. The van der Waals surface area contributed by atoms with Crippen molar-refractivity contribution in [1.82, 2.24) is 15.2 Å². The van der Waals surface area contributed by atoms with Crippen molar-refractivity contribution >= 4 is 22.1 Å². The van der Waals surface area contributed by atoms with Crippen molar-refractivity contribution in [3.05, 3.63) is 83.2 Å². The molecule has 3 unspecified atom stereocenters. The third-order valence-electron chi connectivity index (χ3n) is 6.82. The first-order valence-electron chi connectivity index (χ1n) is 12.7. The Morgan fingerprint density at radius 2 is 2.17 bits per heavy atom. The van der Waals surface area contributed by atoms with Gasteiger partial charge in [0.25, 0.3) is 0 Å². The van der Waals surface area contributed by atoms with E-state index >= 15 is 0 Å². The molecule has 2 aliphatic rings. The molecule has 0 spiro atoms. The minimum absolute atomic E-state index is 0.228. The maximum absolute atomic E-state index is 5.73. The highest BCUT2D eigenvalue weighted by Crippen LogP contribution is 2.28. The van der Waals surface area contributed by atoms with Gasteiger partial charge in [0.05, 0.1) is 10.9 Å².